The Balaban J connectivity index is 1.02. The highest BCUT2D eigenvalue weighted by Gasteiger charge is 2.25. The molecule has 1 aliphatic heterocycles. The Morgan fingerprint density at radius 1 is 0.843 bits per heavy atom. The van der Waals surface area contributed by atoms with Crippen LogP contribution in [0.3, 0.4) is 0 Å². The summed E-state index contributed by atoms with van der Waals surface area (Å²) < 4.78 is 1.78. The number of rotatable bonds is 8. The summed E-state index contributed by atoms with van der Waals surface area (Å²) in [5.41, 5.74) is 8.03. The first kappa shape index (κ1) is 35.3. The Bertz CT molecular complexity index is 1980. The SMILES string of the molecule is Cc1ccc(-n2nc(C(C)(C)C)cc2NC(=O)Nc2ccc(CC3CCN(C(=O)c4cccc(N(C)c5nc(C)cc(C)n5)c4)CC3)cc2)cc1. The van der Waals surface area contributed by atoms with E-state index in [1.807, 2.05) is 110 Å². The van der Waals surface area contributed by atoms with E-state index in [1.54, 1.807) is 4.68 Å². The monoisotopic (exact) mass is 684 g/mol. The van der Waals surface area contributed by atoms with E-state index in [9.17, 15) is 9.59 Å². The van der Waals surface area contributed by atoms with Gasteiger partial charge in [-0.25, -0.2) is 19.4 Å². The number of likely N-dealkylation sites (tertiary alicyclic amines) is 1. The Hall–Kier alpha value is -5.51. The molecule has 2 N–H and O–H groups in total. The van der Waals surface area contributed by atoms with Gasteiger partial charge in [-0.15, -0.1) is 0 Å². The summed E-state index contributed by atoms with van der Waals surface area (Å²) in [5.74, 6) is 1.75. The van der Waals surface area contributed by atoms with Gasteiger partial charge >= 0.3 is 6.03 Å². The predicted octanol–water partition coefficient (Wildman–Crippen LogP) is 8.39. The van der Waals surface area contributed by atoms with Crippen LogP contribution >= 0.6 is 0 Å². The van der Waals surface area contributed by atoms with Gasteiger partial charge in [0, 0.05) is 59.9 Å². The van der Waals surface area contributed by atoms with Crippen molar-refractivity contribution in [3.63, 3.8) is 0 Å². The van der Waals surface area contributed by atoms with Crippen molar-refractivity contribution >= 4 is 35.1 Å². The van der Waals surface area contributed by atoms with Gasteiger partial charge in [0.1, 0.15) is 5.82 Å². The van der Waals surface area contributed by atoms with Crippen LogP contribution in [0.15, 0.2) is 84.9 Å². The van der Waals surface area contributed by atoms with Gasteiger partial charge in [0.05, 0.1) is 11.4 Å². The Morgan fingerprint density at radius 3 is 2.16 bits per heavy atom. The largest absolute Gasteiger partial charge is 0.339 e. The number of aromatic nitrogens is 4. The average Bonchev–Trinajstić information content (AvgIpc) is 3.53. The van der Waals surface area contributed by atoms with Gasteiger partial charge < -0.3 is 15.1 Å². The predicted molar refractivity (Wildman–Crippen MR) is 204 cm³/mol. The second-order valence-electron chi connectivity index (χ2n) is 14.7. The van der Waals surface area contributed by atoms with Crippen molar-refractivity contribution in [3.05, 3.63) is 119 Å². The number of hydrogen-bond donors (Lipinski definition) is 2. The minimum Gasteiger partial charge on any atom is -0.339 e. The number of aryl methyl sites for hydroxylation is 3. The van der Waals surface area contributed by atoms with Crippen molar-refractivity contribution in [2.24, 2.45) is 5.92 Å². The van der Waals surface area contributed by atoms with E-state index < -0.39 is 0 Å². The van der Waals surface area contributed by atoms with Crippen molar-refractivity contribution < 1.29 is 9.59 Å². The maximum Gasteiger partial charge on any atom is 0.324 e. The summed E-state index contributed by atoms with van der Waals surface area (Å²) in [6.07, 6.45) is 2.81. The third-order valence-corrected chi connectivity index (χ3v) is 9.39. The van der Waals surface area contributed by atoms with E-state index in [4.69, 9.17) is 5.10 Å². The highest BCUT2D eigenvalue weighted by molar-refractivity contribution is 5.99. The summed E-state index contributed by atoms with van der Waals surface area (Å²) in [6, 6.07) is 27.3. The molecule has 0 saturated carbocycles. The van der Waals surface area contributed by atoms with E-state index in [-0.39, 0.29) is 17.4 Å². The maximum absolute atomic E-state index is 13.5. The van der Waals surface area contributed by atoms with Gasteiger partial charge in [-0.3, -0.25) is 10.1 Å². The number of urea groups is 1. The first-order chi connectivity index (χ1) is 24.3. The van der Waals surface area contributed by atoms with Crippen LogP contribution in [0.5, 0.6) is 0 Å². The van der Waals surface area contributed by atoms with Crippen LogP contribution in [-0.4, -0.2) is 56.7 Å². The Kier molecular flexibility index (Phi) is 10.2. The average molecular weight is 685 g/mol. The number of nitrogens with zero attached hydrogens (tertiary/aromatic N) is 6. The molecule has 0 unspecified atom stereocenters. The summed E-state index contributed by atoms with van der Waals surface area (Å²) in [5, 5.41) is 10.8. The molecule has 0 radical (unpaired) electrons. The quantitative estimate of drug-likeness (QED) is 0.170. The zero-order chi connectivity index (χ0) is 36.3. The third-order valence-electron chi connectivity index (χ3n) is 9.39. The van der Waals surface area contributed by atoms with Crippen molar-refractivity contribution in [2.75, 3.05) is 35.7 Å². The van der Waals surface area contributed by atoms with Crippen molar-refractivity contribution in [1.29, 1.82) is 0 Å². The van der Waals surface area contributed by atoms with Gasteiger partial charge in [-0.05, 0) is 100 Å². The van der Waals surface area contributed by atoms with Gasteiger partial charge in [0.25, 0.3) is 5.91 Å². The van der Waals surface area contributed by atoms with Crippen molar-refractivity contribution in [2.45, 2.75) is 66.2 Å². The van der Waals surface area contributed by atoms with Gasteiger partial charge in [0.15, 0.2) is 0 Å². The molecule has 10 heteroatoms. The van der Waals surface area contributed by atoms with Crippen LogP contribution in [0.4, 0.5) is 27.9 Å². The van der Waals surface area contributed by atoms with E-state index in [0.29, 0.717) is 28.9 Å². The molecule has 6 rings (SSSR count). The zero-order valence-corrected chi connectivity index (χ0v) is 30.7. The Morgan fingerprint density at radius 2 is 1.51 bits per heavy atom. The summed E-state index contributed by atoms with van der Waals surface area (Å²) in [6.45, 7) is 13.7. The summed E-state index contributed by atoms with van der Waals surface area (Å²) >= 11 is 0. The lowest BCUT2D eigenvalue weighted by Crippen LogP contribution is -2.39. The molecule has 5 aromatic rings. The molecule has 10 nitrogen and oxygen atoms in total. The first-order valence-corrected chi connectivity index (χ1v) is 17.6. The van der Waals surface area contributed by atoms with E-state index in [1.165, 1.54) is 5.56 Å². The van der Waals surface area contributed by atoms with Crippen LogP contribution < -0.4 is 15.5 Å². The topological polar surface area (TPSA) is 108 Å². The van der Waals surface area contributed by atoms with Gasteiger partial charge in [-0.1, -0.05) is 56.7 Å². The molecular formula is C41H48N8O2. The van der Waals surface area contributed by atoms with E-state index in [0.717, 1.165) is 66.4 Å². The van der Waals surface area contributed by atoms with E-state index in [2.05, 4.69) is 53.5 Å². The highest BCUT2D eigenvalue weighted by atomic mass is 16.2. The maximum atomic E-state index is 13.5. The molecule has 0 bridgehead atoms. The smallest absolute Gasteiger partial charge is 0.324 e. The minimum absolute atomic E-state index is 0.0512. The second kappa shape index (κ2) is 14.8. The molecule has 3 heterocycles. The fourth-order valence-electron chi connectivity index (χ4n) is 6.40. The second-order valence-corrected chi connectivity index (χ2v) is 14.7. The molecule has 1 aliphatic rings. The number of nitrogens with one attached hydrogen (secondary N) is 2. The number of amides is 3. The molecule has 1 saturated heterocycles. The first-order valence-electron chi connectivity index (χ1n) is 17.6. The lowest BCUT2D eigenvalue weighted by molar-refractivity contribution is 0.0690. The highest BCUT2D eigenvalue weighted by Crippen LogP contribution is 2.28. The van der Waals surface area contributed by atoms with E-state index >= 15 is 0 Å². The molecule has 0 atom stereocenters. The lowest BCUT2D eigenvalue weighted by atomic mass is 9.90. The standard InChI is InChI=1S/C41H48N8O2/c1-27-11-17-34(18-12-27)49-37(26-36(46-49)41(4,5)6)45-40(51)44-33-15-13-30(14-16-33)24-31-19-21-48(22-20-31)38(50)32-9-8-10-35(25-32)47(7)39-42-28(2)23-29(3)43-39/h8-18,23,25-26,31H,19-22,24H2,1-7H3,(H2,44,45,51). The molecule has 264 valence electrons. The molecular weight excluding hydrogens is 637 g/mol. The zero-order valence-electron chi connectivity index (χ0n) is 30.7. The normalized spacial score (nSPS) is 13.6. The molecule has 3 amide bonds. The molecule has 3 aromatic carbocycles. The van der Waals surface area contributed by atoms with Crippen LogP contribution in [-0.2, 0) is 11.8 Å². The number of carbonyl (C=O) groups is 2. The molecule has 0 spiro atoms. The minimum atomic E-state index is -0.329. The molecule has 51 heavy (non-hydrogen) atoms. The molecule has 0 aliphatic carbocycles. The van der Waals surface area contributed by atoms with Crippen LogP contribution in [0.25, 0.3) is 5.69 Å². The van der Waals surface area contributed by atoms with Crippen molar-refractivity contribution in [3.8, 4) is 5.69 Å². The third kappa shape index (κ3) is 8.63. The molecule has 2 aromatic heterocycles. The number of anilines is 4. The van der Waals surface area contributed by atoms with Gasteiger partial charge in [-0.2, -0.15) is 5.10 Å². The van der Waals surface area contributed by atoms with Crippen LogP contribution in [0, 0.1) is 26.7 Å². The number of benzene rings is 3. The van der Waals surface area contributed by atoms with Crippen LogP contribution in [0.1, 0.15) is 72.2 Å². The summed E-state index contributed by atoms with van der Waals surface area (Å²) in [7, 11) is 1.92. The summed E-state index contributed by atoms with van der Waals surface area (Å²) in [4.78, 5) is 39.6. The number of hydrogen-bond acceptors (Lipinski definition) is 6. The lowest BCUT2D eigenvalue weighted by Gasteiger charge is -2.32. The fourth-order valence-corrected chi connectivity index (χ4v) is 6.40. The molecule has 1 fully saturated rings. The van der Waals surface area contributed by atoms with Gasteiger partial charge in [0.2, 0.25) is 5.95 Å². The Labute approximate surface area is 300 Å². The van der Waals surface area contributed by atoms with Crippen LogP contribution in [0.2, 0.25) is 0 Å². The number of carbonyl (C=O) groups excluding carboxylic acids is 2. The number of piperidine rings is 1. The van der Waals surface area contributed by atoms with Crippen molar-refractivity contribution in [1.82, 2.24) is 24.6 Å². The fraction of sp³-hybridized carbons (Fsp3) is 0.341.